The SMILES string of the molecule is CC#CCNC(=O)c1cc(F)c(CNC(=O)CCCCCNC(=O)CCCCC2SCC3CC(=O)NC32)c(F)c1. The molecule has 0 bridgehead atoms. The third kappa shape index (κ3) is 9.81. The van der Waals surface area contributed by atoms with Crippen LogP contribution in [0.3, 0.4) is 0 Å². The van der Waals surface area contributed by atoms with Crippen molar-refractivity contribution in [2.24, 2.45) is 5.92 Å². The average Bonchev–Trinajstić information content (AvgIpc) is 3.47. The lowest BCUT2D eigenvalue weighted by atomic mass is 9.97. The normalized spacial score (nSPS) is 19.3. The smallest absolute Gasteiger partial charge is 0.252 e. The van der Waals surface area contributed by atoms with Crippen molar-refractivity contribution in [3.8, 4) is 11.8 Å². The molecule has 1 aromatic carbocycles. The minimum absolute atomic E-state index is 0.0195. The zero-order chi connectivity index (χ0) is 28.9. The highest BCUT2D eigenvalue weighted by molar-refractivity contribution is 8.00. The van der Waals surface area contributed by atoms with E-state index in [2.05, 4.69) is 33.1 Å². The molecule has 2 aliphatic heterocycles. The summed E-state index contributed by atoms with van der Waals surface area (Å²) in [5.74, 6) is 4.15. The van der Waals surface area contributed by atoms with Gasteiger partial charge in [0.25, 0.3) is 5.91 Å². The predicted molar refractivity (Wildman–Crippen MR) is 150 cm³/mol. The minimum Gasteiger partial charge on any atom is -0.356 e. The van der Waals surface area contributed by atoms with E-state index in [0.717, 1.165) is 50.0 Å². The first kappa shape index (κ1) is 31.4. The Labute approximate surface area is 238 Å². The molecule has 0 saturated carbocycles. The predicted octanol–water partition coefficient (Wildman–Crippen LogP) is 3.19. The van der Waals surface area contributed by atoms with Gasteiger partial charge in [-0.1, -0.05) is 18.8 Å². The summed E-state index contributed by atoms with van der Waals surface area (Å²) in [6, 6.07) is 2.18. The van der Waals surface area contributed by atoms with Crippen molar-refractivity contribution in [3.63, 3.8) is 0 Å². The molecular weight excluding hydrogens is 538 g/mol. The lowest BCUT2D eigenvalue weighted by molar-refractivity contribution is -0.122. The van der Waals surface area contributed by atoms with Crippen LogP contribution in [0.15, 0.2) is 12.1 Å². The molecule has 2 saturated heterocycles. The molecule has 0 aromatic heterocycles. The fraction of sp³-hybridized carbons (Fsp3) is 0.586. The zero-order valence-electron chi connectivity index (χ0n) is 22.9. The van der Waals surface area contributed by atoms with Crippen LogP contribution < -0.4 is 21.3 Å². The summed E-state index contributed by atoms with van der Waals surface area (Å²) in [6.45, 7) is 1.91. The van der Waals surface area contributed by atoms with Crippen molar-refractivity contribution >= 4 is 35.4 Å². The Morgan fingerprint density at radius 3 is 2.42 bits per heavy atom. The van der Waals surface area contributed by atoms with E-state index in [-0.39, 0.29) is 48.4 Å². The monoisotopic (exact) mass is 576 g/mol. The highest BCUT2D eigenvalue weighted by atomic mass is 32.2. The molecule has 8 nitrogen and oxygen atoms in total. The van der Waals surface area contributed by atoms with Crippen LogP contribution in [0.25, 0.3) is 0 Å². The van der Waals surface area contributed by atoms with Gasteiger partial charge in [-0.05, 0) is 56.4 Å². The van der Waals surface area contributed by atoms with Crippen molar-refractivity contribution in [2.45, 2.75) is 82.5 Å². The van der Waals surface area contributed by atoms with E-state index in [1.54, 1.807) is 6.92 Å². The minimum atomic E-state index is -0.906. The van der Waals surface area contributed by atoms with Crippen molar-refractivity contribution in [1.29, 1.82) is 0 Å². The fourth-order valence-electron chi connectivity index (χ4n) is 4.93. The van der Waals surface area contributed by atoms with Crippen LogP contribution in [0.2, 0.25) is 0 Å². The number of nitrogens with one attached hydrogen (secondary N) is 4. The Morgan fingerprint density at radius 2 is 1.70 bits per heavy atom. The second kappa shape index (κ2) is 16.2. The van der Waals surface area contributed by atoms with Gasteiger partial charge in [-0.25, -0.2) is 8.78 Å². The van der Waals surface area contributed by atoms with Gasteiger partial charge < -0.3 is 21.3 Å². The zero-order valence-corrected chi connectivity index (χ0v) is 23.7. The summed E-state index contributed by atoms with van der Waals surface area (Å²) in [5, 5.41) is 11.4. The van der Waals surface area contributed by atoms with Crippen molar-refractivity contribution in [1.82, 2.24) is 21.3 Å². The molecule has 2 heterocycles. The molecule has 2 aliphatic rings. The maximum Gasteiger partial charge on any atom is 0.252 e. The van der Waals surface area contributed by atoms with Gasteiger partial charge in [-0.15, -0.1) is 5.92 Å². The Balaban J connectivity index is 1.21. The second-order valence-corrected chi connectivity index (χ2v) is 11.4. The quantitative estimate of drug-likeness (QED) is 0.189. The standard InChI is InChI=1S/C29H38F2N4O4S/c1-2-3-12-33-29(39)19-14-22(30)21(23(31)15-19)17-34-26(37)10-5-4-8-13-32-25(36)11-7-6-9-24-28-20(18-40-24)16-27(38)35-28/h14-15,20,24,28H,4-13,16-18H2,1H3,(H,32,36)(H,33,39)(H,34,37)(H,35,38). The van der Waals surface area contributed by atoms with E-state index in [4.69, 9.17) is 0 Å². The summed E-state index contributed by atoms with van der Waals surface area (Å²) in [7, 11) is 0. The fourth-order valence-corrected chi connectivity index (χ4v) is 6.58. The molecule has 1 aromatic rings. The van der Waals surface area contributed by atoms with E-state index in [1.807, 2.05) is 11.8 Å². The van der Waals surface area contributed by atoms with Crippen molar-refractivity contribution in [2.75, 3.05) is 18.8 Å². The number of halogens is 2. The third-order valence-electron chi connectivity index (χ3n) is 7.13. The summed E-state index contributed by atoms with van der Waals surface area (Å²) < 4.78 is 28.7. The molecule has 3 unspecified atom stereocenters. The van der Waals surface area contributed by atoms with Gasteiger partial charge in [-0.2, -0.15) is 11.8 Å². The van der Waals surface area contributed by atoms with Crippen LogP contribution in [-0.4, -0.2) is 53.8 Å². The molecule has 4 N–H and O–H groups in total. The highest BCUT2D eigenvalue weighted by Crippen LogP contribution is 2.39. The van der Waals surface area contributed by atoms with E-state index >= 15 is 0 Å². The first-order valence-corrected chi connectivity index (χ1v) is 14.9. The topological polar surface area (TPSA) is 116 Å². The van der Waals surface area contributed by atoms with E-state index < -0.39 is 17.5 Å². The van der Waals surface area contributed by atoms with E-state index in [1.165, 1.54) is 0 Å². The van der Waals surface area contributed by atoms with Crippen LogP contribution in [-0.2, 0) is 20.9 Å². The van der Waals surface area contributed by atoms with Crippen LogP contribution >= 0.6 is 11.8 Å². The molecule has 3 rings (SSSR count). The Kier molecular flexibility index (Phi) is 12.7. The number of hydrogen-bond donors (Lipinski definition) is 4. The van der Waals surface area contributed by atoms with Crippen LogP contribution in [0, 0.1) is 29.4 Å². The van der Waals surface area contributed by atoms with Gasteiger partial charge in [0.2, 0.25) is 17.7 Å². The molecule has 0 radical (unpaired) electrons. The van der Waals surface area contributed by atoms with E-state index in [0.29, 0.717) is 43.0 Å². The maximum atomic E-state index is 14.3. The van der Waals surface area contributed by atoms with Gasteiger partial charge in [0, 0.05) is 54.8 Å². The number of carbonyl (C=O) groups is 4. The van der Waals surface area contributed by atoms with Gasteiger partial charge in [-0.3, -0.25) is 19.2 Å². The molecule has 4 amide bonds. The average molecular weight is 577 g/mol. The molecule has 0 spiro atoms. The largest absolute Gasteiger partial charge is 0.356 e. The molecule has 0 aliphatic carbocycles. The number of rotatable bonds is 15. The van der Waals surface area contributed by atoms with Crippen LogP contribution in [0.5, 0.6) is 0 Å². The third-order valence-corrected chi connectivity index (χ3v) is 8.71. The Bertz CT molecular complexity index is 1110. The first-order chi connectivity index (χ1) is 19.3. The number of hydrogen-bond acceptors (Lipinski definition) is 5. The van der Waals surface area contributed by atoms with Crippen LogP contribution in [0.1, 0.15) is 80.6 Å². The molecule has 11 heteroatoms. The van der Waals surface area contributed by atoms with Gasteiger partial charge in [0.1, 0.15) is 11.6 Å². The van der Waals surface area contributed by atoms with Gasteiger partial charge in [0.05, 0.1) is 6.54 Å². The summed E-state index contributed by atoms with van der Waals surface area (Å²) in [4.78, 5) is 47.7. The van der Waals surface area contributed by atoms with E-state index in [9.17, 15) is 28.0 Å². The number of fused-ring (bicyclic) bond motifs is 1. The number of benzene rings is 1. The van der Waals surface area contributed by atoms with Crippen LogP contribution in [0.4, 0.5) is 8.78 Å². The molecule has 3 atom stereocenters. The number of amides is 4. The molecule has 2 fully saturated rings. The highest BCUT2D eigenvalue weighted by Gasteiger charge is 2.42. The summed E-state index contributed by atoms with van der Waals surface area (Å²) in [6.07, 6.45) is 6.18. The number of carbonyl (C=O) groups excluding carboxylic acids is 4. The molecule has 218 valence electrons. The molecule has 40 heavy (non-hydrogen) atoms. The molecular formula is C29H38F2N4O4S. The van der Waals surface area contributed by atoms with Crippen molar-refractivity contribution < 1.29 is 28.0 Å². The second-order valence-electron chi connectivity index (χ2n) is 10.1. The summed E-state index contributed by atoms with van der Waals surface area (Å²) in [5.41, 5.74) is -0.464. The Morgan fingerprint density at radius 1 is 1.00 bits per heavy atom. The van der Waals surface area contributed by atoms with Gasteiger partial charge >= 0.3 is 0 Å². The van der Waals surface area contributed by atoms with Gasteiger partial charge in [0.15, 0.2) is 0 Å². The van der Waals surface area contributed by atoms with Crippen molar-refractivity contribution in [3.05, 3.63) is 34.9 Å². The lowest BCUT2D eigenvalue weighted by Gasteiger charge is -2.17. The summed E-state index contributed by atoms with van der Waals surface area (Å²) >= 11 is 1.93. The Hall–Kier alpha value is -3.13. The lowest BCUT2D eigenvalue weighted by Crippen LogP contribution is -2.34. The number of unbranched alkanes of at least 4 members (excludes halogenated alkanes) is 3. The first-order valence-electron chi connectivity index (χ1n) is 13.9. The maximum absolute atomic E-state index is 14.3. The number of thioether (sulfide) groups is 1.